The van der Waals surface area contributed by atoms with Gasteiger partial charge in [-0.25, -0.2) is 14.2 Å². The summed E-state index contributed by atoms with van der Waals surface area (Å²) < 4.78 is 36.6. The molecule has 12 heteroatoms. The Labute approximate surface area is 263 Å². The number of carbonyl (C=O) groups excluding carboxylic acids is 1. The Kier molecular flexibility index (Phi) is 6.58. The average molecular weight is 629 g/mol. The predicted octanol–water partition coefficient (Wildman–Crippen LogP) is 5.40. The lowest BCUT2D eigenvalue weighted by atomic mass is 10.0. The number of benzene rings is 2. The summed E-state index contributed by atoms with van der Waals surface area (Å²) in [5.74, 6) is 1.37. The number of esters is 1. The standard InChI is InChI=1S/C33H30ClFN6O4/c1-33(27-8-7-20(34)15-36-27)44-26-6-3-5-21(31(26)45-33)29-22-16-39(17-23(22)29)18-28-38-30-24(35)13-19(32(42)43-2)14-25(30)41(28)12-11-40-10-4-9-37-40/h3-10,13-15,22-23,29H,11-12,16-18H2,1-2H3. The minimum Gasteiger partial charge on any atom is -0.465 e. The van der Waals surface area contributed by atoms with Crippen molar-refractivity contribution in [2.75, 3.05) is 20.2 Å². The number of halogens is 2. The highest BCUT2D eigenvalue weighted by molar-refractivity contribution is 6.30. The fourth-order valence-electron chi connectivity index (χ4n) is 7.03. The Hall–Kier alpha value is -4.48. The van der Waals surface area contributed by atoms with E-state index in [9.17, 15) is 4.79 Å². The quantitative estimate of drug-likeness (QED) is 0.211. The Balaban J connectivity index is 1.02. The topological polar surface area (TPSA) is 96.5 Å². The SMILES string of the molecule is COC(=O)c1cc(F)c2nc(CN3CC4C(C3)C4c3cccc4c3OC(C)(c3ccc(Cl)cn3)O4)n(CCn3cccn3)c2c1. The maximum absolute atomic E-state index is 15.2. The molecule has 0 spiro atoms. The van der Waals surface area contributed by atoms with Crippen LogP contribution in [0.5, 0.6) is 11.5 Å². The van der Waals surface area contributed by atoms with E-state index in [0.717, 1.165) is 30.2 Å². The molecule has 10 nitrogen and oxygen atoms in total. The van der Waals surface area contributed by atoms with Crippen molar-refractivity contribution in [1.29, 1.82) is 0 Å². The molecule has 0 amide bonds. The lowest BCUT2D eigenvalue weighted by molar-refractivity contribution is -0.0721. The summed E-state index contributed by atoms with van der Waals surface area (Å²) in [5.41, 5.74) is 2.78. The number of hydrogen-bond acceptors (Lipinski definition) is 8. The Morgan fingerprint density at radius 3 is 2.71 bits per heavy atom. The molecule has 2 aliphatic heterocycles. The van der Waals surface area contributed by atoms with E-state index in [1.807, 2.05) is 46.6 Å². The highest BCUT2D eigenvalue weighted by atomic mass is 35.5. The van der Waals surface area contributed by atoms with Crippen LogP contribution < -0.4 is 9.47 Å². The van der Waals surface area contributed by atoms with Gasteiger partial charge in [0.05, 0.1) is 36.3 Å². The zero-order valence-corrected chi connectivity index (χ0v) is 25.4. The molecular weight excluding hydrogens is 599 g/mol. The Morgan fingerprint density at radius 1 is 1.13 bits per heavy atom. The molecule has 1 saturated heterocycles. The van der Waals surface area contributed by atoms with E-state index in [0.29, 0.717) is 59.4 Å². The van der Waals surface area contributed by atoms with Gasteiger partial charge < -0.3 is 18.8 Å². The van der Waals surface area contributed by atoms with Crippen LogP contribution in [-0.2, 0) is 30.2 Å². The molecular formula is C33H30ClFN6O4. The normalized spacial score (nSPS) is 23.4. The number of fused-ring (bicyclic) bond motifs is 3. The van der Waals surface area contributed by atoms with Gasteiger partial charge in [0.15, 0.2) is 17.3 Å². The summed E-state index contributed by atoms with van der Waals surface area (Å²) in [6, 6.07) is 14.4. The fraction of sp³-hybridized carbons (Fsp3) is 0.333. The van der Waals surface area contributed by atoms with Gasteiger partial charge in [0.1, 0.15) is 17.0 Å². The van der Waals surface area contributed by atoms with Gasteiger partial charge in [-0.05, 0) is 54.2 Å². The van der Waals surface area contributed by atoms with Crippen LogP contribution in [0.1, 0.15) is 40.3 Å². The van der Waals surface area contributed by atoms with Crippen LogP contribution in [0.3, 0.4) is 0 Å². The first-order chi connectivity index (χ1) is 21.8. The van der Waals surface area contributed by atoms with Crippen LogP contribution in [0, 0.1) is 17.7 Å². The maximum atomic E-state index is 15.2. The van der Waals surface area contributed by atoms with Gasteiger partial charge in [0.2, 0.25) is 0 Å². The van der Waals surface area contributed by atoms with Crippen LogP contribution >= 0.6 is 11.6 Å². The third-order valence-electron chi connectivity index (χ3n) is 9.22. The molecule has 230 valence electrons. The molecule has 3 unspecified atom stereocenters. The van der Waals surface area contributed by atoms with E-state index >= 15 is 4.39 Å². The van der Waals surface area contributed by atoms with Crippen molar-refractivity contribution in [3.63, 3.8) is 0 Å². The number of ether oxygens (including phenoxy) is 3. The maximum Gasteiger partial charge on any atom is 0.338 e. The number of rotatable bonds is 8. The van der Waals surface area contributed by atoms with E-state index in [2.05, 4.69) is 21.0 Å². The highest BCUT2D eigenvalue weighted by Crippen LogP contribution is 2.62. The number of nitrogens with zero attached hydrogens (tertiary/aromatic N) is 6. The molecule has 5 aromatic rings. The van der Waals surface area contributed by atoms with E-state index in [-0.39, 0.29) is 11.1 Å². The molecule has 3 aliphatic rings. The fourth-order valence-corrected chi connectivity index (χ4v) is 7.15. The predicted molar refractivity (Wildman–Crippen MR) is 163 cm³/mol. The summed E-state index contributed by atoms with van der Waals surface area (Å²) in [6.45, 7) is 5.30. The number of hydrogen-bond donors (Lipinski definition) is 0. The number of para-hydroxylation sites is 1. The number of pyridine rings is 1. The van der Waals surface area contributed by atoms with Gasteiger partial charge in [-0.1, -0.05) is 23.7 Å². The van der Waals surface area contributed by atoms with Crippen molar-refractivity contribution in [3.8, 4) is 11.5 Å². The minimum atomic E-state index is -1.03. The Morgan fingerprint density at radius 2 is 1.98 bits per heavy atom. The summed E-state index contributed by atoms with van der Waals surface area (Å²) in [4.78, 5) is 23.8. The average Bonchev–Trinajstić information content (AvgIpc) is 3.57. The second kappa shape index (κ2) is 10.6. The van der Waals surface area contributed by atoms with Crippen LogP contribution in [-0.4, -0.2) is 55.4 Å². The third-order valence-corrected chi connectivity index (χ3v) is 9.44. The van der Waals surface area contributed by atoms with Gasteiger partial charge in [-0.15, -0.1) is 0 Å². The molecule has 0 radical (unpaired) electrons. The largest absolute Gasteiger partial charge is 0.465 e. The monoisotopic (exact) mass is 628 g/mol. The molecule has 2 fully saturated rings. The number of aromatic nitrogens is 5. The van der Waals surface area contributed by atoms with Crippen molar-refractivity contribution >= 4 is 28.6 Å². The third kappa shape index (κ3) is 4.81. The number of likely N-dealkylation sites (tertiary alicyclic amines) is 1. The van der Waals surface area contributed by atoms with Gasteiger partial charge in [-0.2, -0.15) is 5.10 Å². The molecule has 2 aromatic carbocycles. The highest BCUT2D eigenvalue weighted by Gasteiger charge is 2.58. The van der Waals surface area contributed by atoms with Crippen molar-refractivity contribution in [1.82, 2.24) is 29.2 Å². The van der Waals surface area contributed by atoms with Gasteiger partial charge in [0.25, 0.3) is 5.79 Å². The lowest BCUT2D eigenvalue weighted by Crippen LogP contribution is -2.32. The van der Waals surface area contributed by atoms with Crippen LogP contribution in [0.4, 0.5) is 4.39 Å². The second-order valence-corrected chi connectivity index (χ2v) is 12.4. The van der Waals surface area contributed by atoms with Crippen LogP contribution in [0.25, 0.3) is 11.0 Å². The molecule has 3 atom stereocenters. The van der Waals surface area contributed by atoms with Gasteiger partial charge >= 0.3 is 5.97 Å². The number of imidazole rings is 1. The van der Waals surface area contributed by atoms with Gasteiger partial charge in [0, 0.05) is 50.7 Å². The second-order valence-electron chi connectivity index (χ2n) is 12.0. The van der Waals surface area contributed by atoms with E-state index in [1.165, 1.54) is 13.2 Å². The van der Waals surface area contributed by atoms with E-state index in [4.69, 9.17) is 30.8 Å². The number of carbonyl (C=O) groups is 1. The molecule has 5 heterocycles. The summed E-state index contributed by atoms with van der Waals surface area (Å²) >= 11 is 6.05. The molecule has 0 N–H and O–H groups in total. The summed E-state index contributed by atoms with van der Waals surface area (Å²) in [5, 5.41) is 4.86. The minimum absolute atomic E-state index is 0.157. The van der Waals surface area contributed by atoms with E-state index in [1.54, 1.807) is 24.5 Å². The number of aryl methyl sites for hydroxylation is 2. The number of piperidine rings is 1. The van der Waals surface area contributed by atoms with Crippen molar-refractivity contribution in [2.45, 2.75) is 38.3 Å². The molecule has 1 saturated carbocycles. The molecule has 3 aromatic heterocycles. The first-order valence-electron chi connectivity index (χ1n) is 14.9. The molecule has 45 heavy (non-hydrogen) atoms. The van der Waals surface area contributed by atoms with Crippen LogP contribution in [0.15, 0.2) is 67.1 Å². The van der Waals surface area contributed by atoms with Crippen LogP contribution in [0.2, 0.25) is 5.02 Å². The zero-order chi connectivity index (χ0) is 30.9. The molecule has 1 aliphatic carbocycles. The lowest BCUT2D eigenvalue weighted by Gasteiger charge is -2.23. The van der Waals surface area contributed by atoms with E-state index < -0.39 is 17.6 Å². The van der Waals surface area contributed by atoms with Crippen molar-refractivity contribution < 1.29 is 23.4 Å². The molecule has 8 rings (SSSR count). The first-order valence-corrected chi connectivity index (χ1v) is 15.3. The van der Waals surface area contributed by atoms with Gasteiger partial charge in [-0.3, -0.25) is 14.6 Å². The van der Waals surface area contributed by atoms with Crippen molar-refractivity contribution in [3.05, 3.63) is 101 Å². The van der Waals surface area contributed by atoms with Crippen molar-refractivity contribution in [2.24, 2.45) is 11.8 Å². The smallest absolute Gasteiger partial charge is 0.338 e. The summed E-state index contributed by atoms with van der Waals surface area (Å²) in [6.07, 6.45) is 5.21. The zero-order valence-electron chi connectivity index (χ0n) is 24.7. The Bertz CT molecular complexity index is 1920. The summed E-state index contributed by atoms with van der Waals surface area (Å²) in [7, 11) is 1.29. The first kappa shape index (κ1) is 28.0. The molecule has 0 bridgehead atoms. The number of methoxy groups -OCH3 is 1.